The largest absolute Gasteiger partial charge is 0.444 e. The molecule has 0 spiro atoms. The second-order valence-electron chi connectivity index (χ2n) is 6.85. The number of esters is 1. The van der Waals surface area contributed by atoms with Crippen LogP contribution < -0.4 is 5.32 Å². The number of hydrogen-bond donors (Lipinski definition) is 2. The van der Waals surface area contributed by atoms with E-state index in [1.54, 1.807) is 48.7 Å². The molecule has 0 aliphatic carbocycles. The van der Waals surface area contributed by atoms with Crippen LogP contribution in [-0.2, 0) is 9.53 Å². The maximum absolute atomic E-state index is 13.1. The Kier molecular flexibility index (Phi) is 6.00. The molecule has 4 rings (SSSR count). The highest BCUT2D eigenvalue weighted by Gasteiger charge is 2.27. The number of aromatic nitrogens is 1. The Bertz CT molecular complexity index is 1320. The van der Waals surface area contributed by atoms with Crippen molar-refractivity contribution >= 4 is 50.1 Å². The summed E-state index contributed by atoms with van der Waals surface area (Å²) in [5, 5.41) is 14.3. The van der Waals surface area contributed by atoms with E-state index in [2.05, 4.69) is 26.2 Å². The number of nitro benzene ring substituents is 1. The molecule has 0 aliphatic rings. The predicted molar refractivity (Wildman–Crippen MR) is 122 cm³/mol. The van der Waals surface area contributed by atoms with Crippen molar-refractivity contribution in [3.63, 3.8) is 0 Å². The van der Waals surface area contributed by atoms with Gasteiger partial charge in [-0.25, -0.2) is 4.79 Å². The summed E-state index contributed by atoms with van der Waals surface area (Å²) in [6, 6.07) is 19.8. The van der Waals surface area contributed by atoms with E-state index in [1.807, 2.05) is 12.1 Å². The first-order valence-corrected chi connectivity index (χ1v) is 10.3. The van der Waals surface area contributed by atoms with Crippen LogP contribution in [0.1, 0.15) is 22.0 Å². The van der Waals surface area contributed by atoms with Gasteiger partial charge >= 0.3 is 5.97 Å². The quantitative estimate of drug-likeness (QED) is 0.212. The average molecular weight is 494 g/mol. The SMILES string of the molecule is O=C(OC(C(=O)Nc1ccc([N+](=O)[O-])cc1Br)c1ccccc1)c1c[nH]c2ccccc12. The molecule has 4 aromatic rings. The first-order chi connectivity index (χ1) is 15.4. The maximum atomic E-state index is 13.1. The van der Waals surface area contributed by atoms with Crippen molar-refractivity contribution in [3.8, 4) is 0 Å². The average Bonchev–Trinajstić information content (AvgIpc) is 3.23. The van der Waals surface area contributed by atoms with E-state index in [0.717, 1.165) is 5.52 Å². The molecule has 9 heteroatoms. The van der Waals surface area contributed by atoms with Gasteiger partial charge in [0.15, 0.2) is 0 Å². The van der Waals surface area contributed by atoms with Crippen LogP contribution >= 0.6 is 15.9 Å². The minimum atomic E-state index is -1.24. The Morgan fingerprint density at radius 2 is 1.75 bits per heavy atom. The number of carbonyl (C=O) groups excluding carboxylic acids is 2. The fourth-order valence-electron chi connectivity index (χ4n) is 3.23. The van der Waals surface area contributed by atoms with Crippen LogP contribution in [0.25, 0.3) is 10.9 Å². The normalized spacial score (nSPS) is 11.7. The zero-order valence-corrected chi connectivity index (χ0v) is 18.0. The van der Waals surface area contributed by atoms with Gasteiger partial charge in [-0.3, -0.25) is 14.9 Å². The van der Waals surface area contributed by atoms with Gasteiger partial charge in [-0.15, -0.1) is 0 Å². The molecular formula is C23H16BrN3O5. The third-order valence-electron chi connectivity index (χ3n) is 4.80. The van der Waals surface area contributed by atoms with E-state index >= 15 is 0 Å². The summed E-state index contributed by atoms with van der Waals surface area (Å²) in [4.78, 5) is 39.5. The Morgan fingerprint density at radius 1 is 1.03 bits per heavy atom. The number of hydrogen-bond acceptors (Lipinski definition) is 5. The smallest absolute Gasteiger partial charge is 0.341 e. The van der Waals surface area contributed by atoms with Gasteiger partial charge in [0.1, 0.15) is 0 Å². The summed E-state index contributed by atoms with van der Waals surface area (Å²) in [5.74, 6) is -1.26. The highest BCUT2D eigenvalue weighted by atomic mass is 79.9. The van der Waals surface area contributed by atoms with Crippen LogP contribution in [0.2, 0.25) is 0 Å². The van der Waals surface area contributed by atoms with Crippen molar-refractivity contribution in [3.05, 3.63) is 105 Å². The fraction of sp³-hybridized carbons (Fsp3) is 0.0435. The number of benzene rings is 3. The molecule has 1 atom stereocenters. The second kappa shape index (κ2) is 9.03. The molecule has 32 heavy (non-hydrogen) atoms. The number of nitrogens with one attached hydrogen (secondary N) is 2. The Labute approximate surface area is 190 Å². The lowest BCUT2D eigenvalue weighted by Gasteiger charge is -2.18. The van der Waals surface area contributed by atoms with Gasteiger partial charge in [0.05, 0.1) is 16.2 Å². The topological polar surface area (TPSA) is 114 Å². The number of nitrogens with zero attached hydrogens (tertiary/aromatic N) is 1. The molecular weight excluding hydrogens is 478 g/mol. The van der Waals surface area contributed by atoms with Gasteiger partial charge < -0.3 is 15.0 Å². The van der Waals surface area contributed by atoms with Crippen molar-refractivity contribution in [2.24, 2.45) is 0 Å². The van der Waals surface area contributed by atoms with Crippen LogP contribution in [0.4, 0.5) is 11.4 Å². The number of halogens is 1. The number of carbonyl (C=O) groups is 2. The third kappa shape index (κ3) is 4.37. The zero-order chi connectivity index (χ0) is 22.7. The van der Waals surface area contributed by atoms with Crippen LogP contribution in [0.5, 0.6) is 0 Å². The molecule has 0 fully saturated rings. The van der Waals surface area contributed by atoms with E-state index in [1.165, 1.54) is 18.2 Å². The number of anilines is 1. The Morgan fingerprint density at radius 3 is 2.47 bits per heavy atom. The van der Waals surface area contributed by atoms with Gasteiger partial charge in [-0.05, 0) is 28.1 Å². The molecule has 8 nitrogen and oxygen atoms in total. The lowest BCUT2D eigenvalue weighted by atomic mass is 10.1. The Balaban J connectivity index is 1.62. The van der Waals surface area contributed by atoms with Gasteiger partial charge in [-0.1, -0.05) is 48.5 Å². The highest BCUT2D eigenvalue weighted by molar-refractivity contribution is 9.10. The minimum Gasteiger partial charge on any atom is -0.444 e. The van der Waals surface area contributed by atoms with Crippen LogP contribution in [0.3, 0.4) is 0 Å². The highest BCUT2D eigenvalue weighted by Crippen LogP contribution is 2.29. The Hall–Kier alpha value is -3.98. The van der Waals surface area contributed by atoms with Crippen molar-refractivity contribution in [1.29, 1.82) is 0 Å². The number of aromatic amines is 1. The molecule has 0 aliphatic heterocycles. The second-order valence-corrected chi connectivity index (χ2v) is 7.71. The summed E-state index contributed by atoms with van der Waals surface area (Å²) in [5.41, 5.74) is 1.75. The molecule has 3 aromatic carbocycles. The molecule has 1 amide bonds. The van der Waals surface area contributed by atoms with Crippen LogP contribution in [0, 0.1) is 10.1 Å². The first-order valence-electron chi connectivity index (χ1n) is 9.51. The lowest BCUT2D eigenvalue weighted by Crippen LogP contribution is -2.26. The molecule has 1 unspecified atom stereocenters. The molecule has 1 aromatic heterocycles. The molecule has 0 saturated carbocycles. The number of para-hydroxylation sites is 1. The fourth-order valence-corrected chi connectivity index (χ4v) is 3.69. The van der Waals surface area contributed by atoms with Crippen LogP contribution in [0.15, 0.2) is 83.5 Å². The summed E-state index contributed by atoms with van der Waals surface area (Å²) in [7, 11) is 0. The van der Waals surface area contributed by atoms with E-state index in [0.29, 0.717) is 26.7 Å². The van der Waals surface area contributed by atoms with Crippen molar-refractivity contribution in [2.75, 3.05) is 5.32 Å². The van der Waals surface area contributed by atoms with Gasteiger partial charge in [0.25, 0.3) is 11.6 Å². The van der Waals surface area contributed by atoms with E-state index in [-0.39, 0.29) is 5.69 Å². The first kappa shape index (κ1) is 21.3. The minimum absolute atomic E-state index is 0.125. The van der Waals surface area contributed by atoms with Crippen LogP contribution in [-0.4, -0.2) is 21.8 Å². The number of rotatable bonds is 6. The summed E-state index contributed by atoms with van der Waals surface area (Å²) in [6.45, 7) is 0. The van der Waals surface area contributed by atoms with Crippen molar-refractivity contribution < 1.29 is 19.2 Å². The molecule has 0 bridgehead atoms. The van der Waals surface area contributed by atoms with Gasteiger partial charge in [0.2, 0.25) is 6.10 Å². The number of fused-ring (bicyclic) bond motifs is 1. The van der Waals surface area contributed by atoms with E-state index in [9.17, 15) is 19.7 Å². The zero-order valence-electron chi connectivity index (χ0n) is 16.4. The van der Waals surface area contributed by atoms with Crippen molar-refractivity contribution in [2.45, 2.75) is 6.10 Å². The summed E-state index contributed by atoms with van der Waals surface area (Å²) in [6.07, 6.45) is 0.305. The van der Waals surface area contributed by atoms with E-state index < -0.39 is 22.9 Å². The van der Waals surface area contributed by atoms with Gasteiger partial charge in [0, 0.05) is 39.3 Å². The predicted octanol–water partition coefficient (Wildman–Crippen LogP) is 5.38. The number of amides is 1. The molecule has 1 heterocycles. The third-order valence-corrected chi connectivity index (χ3v) is 5.45. The number of H-pyrrole nitrogens is 1. The molecule has 160 valence electrons. The lowest BCUT2D eigenvalue weighted by molar-refractivity contribution is -0.384. The van der Waals surface area contributed by atoms with E-state index in [4.69, 9.17) is 4.74 Å². The number of nitro groups is 1. The molecule has 0 radical (unpaired) electrons. The number of ether oxygens (including phenoxy) is 1. The summed E-state index contributed by atoms with van der Waals surface area (Å²) >= 11 is 3.23. The number of non-ortho nitro benzene ring substituents is 1. The van der Waals surface area contributed by atoms with Crippen molar-refractivity contribution in [1.82, 2.24) is 4.98 Å². The standard InChI is InChI=1S/C23H16BrN3O5/c24-18-12-15(27(30)31)10-11-20(18)26-22(28)21(14-6-2-1-3-7-14)32-23(29)17-13-25-19-9-5-4-8-16(17)19/h1-13,21,25H,(H,26,28). The molecule has 0 saturated heterocycles. The monoisotopic (exact) mass is 493 g/mol. The maximum Gasteiger partial charge on any atom is 0.341 e. The molecule has 2 N–H and O–H groups in total. The van der Waals surface area contributed by atoms with Gasteiger partial charge in [-0.2, -0.15) is 0 Å². The summed E-state index contributed by atoms with van der Waals surface area (Å²) < 4.78 is 5.96.